The zero-order valence-electron chi connectivity index (χ0n) is 28.5. The van der Waals surface area contributed by atoms with Crippen molar-refractivity contribution >= 4 is 29.2 Å². The number of hydrogen-bond donors (Lipinski definition) is 3. The van der Waals surface area contributed by atoms with Crippen molar-refractivity contribution in [1.82, 2.24) is 9.80 Å². The molecule has 0 saturated carbocycles. The van der Waals surface area contributed by atoms with Crippen molar-refractivity contribution in [2.24, 2.45) is 5.92 Å². The van der Waals surface area contributed by atoms with Gasteiger partial charge in [0.15, 0.2) is 0 Å². The molecule has 11 nitrogen and oxygen atoms in total. The maximum absolute atomic E-state index is 14.4. The molecule has 48 heavy (non-hydrogen) atoms. The van der Waals surface area contributed by atoms with E-state index in [1.165, 1.54) is 0 Å². The lowest BCUT2D eigenvalue weighted by atomic mass is 10.0. The van der Waals surface area contributed by atoms with Crippen LogP contribution in [0.15, 0.2) is 72.8 Å². The fourth-order valence-electron chi connectivity index (χ4n) is 5.58. The lowest BCUT2D eigenvalue weighted by Gasteiger charge is -2.36. The molecule has 0 radical (unpaired) electrons. The molecule has 0 bridgehead atoms. The molecule has 3 aromatic carbocycles. The minimum Gasteiger partial charge on any atom is -0.497 e. The number of fused-ring (bicyclic) bond motifs is 1. The summed E-state index contributed by atoms with van der Waals surface area (Å²) in [6, 6.07) is 20.0. The van der Waals surface area contributed by atoms with Gasteiger partial charge in [-0.2, -0.15) is 0 Å². The van der Waals surface area contributed by atoms with Crippen LogP contribution in [0.25, 0.3) is 0 Å². The second-order valence-corrected chi connectivity index (χ2v) is 12.4. The van der Waals surface area contributed by atoms with Crippen LogP contribution in [-0.4, -0.2) is 91.5 Å². The lowest BCUT2D eigenvalue weighted by Crippen LogP contribution is -2.48. The van der Waals surface area contributed by atoms with Gasteiger partial charge < -0.3 is 39.8 Å². The van der Waals surface area contributed by atoms with Gasteiger partial charge in [0.05, 0.1) is 37.5 Å². The van der Waals surface area contributed by atoms with Gasteiger partial charge in [-0.1, -0.05) is 25.1 Å². The van der Waals surface area contributed by atoms with Gasteiger partial charge in [-0.3, -0.25) is 9.59 Å². The first-order chi connectivity index (χ1) is 23.1. The fourth-order valence-corrected chi connectivity index (χ4v) is 5.58. The van der Waals surface area contributed by atoms with Crippen molar-refractivity contribution in [1.29, 1.82) is 0 Å². The van der Waals surface area contributed by atoms with Crippen LogP contribution in [0.3, 0.4) is 0 Å². The molecule has 1 heterocycles. The molecule has 0 unspecified atom stereocenters. The number of carbonyl (C=O) groups excluding carboxylic acids is 3. The topological polar surface area (TPSA) is 130 Å². The Morgan fingerprint density at radius 2 is 1.71 bits per heavy atom. The molecule has 1 aliphatic rings. The number of anilines is 2. The van der Waals surface area contributed by atoms with Gasteiger partial charge in [-0.25, -0.2) is 4.79 Å². The molecule has 0 spiro atoms. The molecule has 0 aromatic heterocycles. The number of carbonyl (C=O) groups is 3. The summed E-state index contributed by atoms with van der Waals surface area (Å²) in [5.74, 6) is 0.403. The van der Waals surface area contributed by atoms with Crippen molar-refractivity contribution in [2.45, 2.75) is 58.3 Å². The van der Waals surface area contributed by atoms with Crippen LogP contribution in [0, 0.1) is 5.92 Å². The number of rotatable bonds is 8. The van der Waals surface area contributed by atoms with Gasteiger partial charge in [0.1, 0.15) is 11.5 Å². The SMILES string of the molecule is COc1ccc(NC(=O)Nc2ccc3c(c2)C(=O)N([C@@H](C)CO)C[C@H](C)[C@H](CN(C)C(=O)c2ccccc2)OCCCC[C@@H](C)O3)cc1. The van der Waals surface area contributed by atoms with Crippen LogP contribution in [-0.2, 0) is 4.74 Å². The highest BCUT2D eigenvalue weighted by Crippen LogP contribution is 2.29. The highest BCUT2D eigenvalue weighted by Gasteiger charge is 2.31. The number of hydrogen-bond acceptors (Lipinski definition) is 7. The van der Waals surface area contributed by atoms with Gasteiger partial charge in [-0.05, 0) is 87.7 Å². The summed E-state index contributed by atoms with van der Waals surface area (Å²) in [5.41, 5.74) is 1.83. The largest absolute Gasteiger partial charge is 0.497 e. The van der Waals surface area contributed by atoms with Crippen LogP contribution in [0.2, 0.25) is 0 Å². The van der Waals surface area contributed by atoms with Crippen LogP contribution in [0.4, 0.5) is 16.2 Å². The minimum atomic E-state index is -0.530. The quantitative estimate of drug-likeness (QED) is 0.274. The minimum absolute atomic E-state index is 0.113. The van der Waals surface area contributed by atoms with Gasteiger partial charge >= 0.3 is 6.03 Å². The molecule has 11 heteroatoms. The molecule has 0 saturated heterocycles. The molecular formula is C37H48N4O7. The van der Waals surface area contributed by atoms with Gasteiger partial charge in [0, 0.05) is 49.6 Å². The monoisotopic (exact) mass is 660 g/mol. The average molecular weight is 661 g/mol. The van der Waals surface area contributed by atoms with E-state index in [4.69, 9.17) is 14.2 Å². The average Bonchev–Trinajstić information content (AvgIpc) is 3.09. The van der Waals surface area contributed by atoms with E-state index < -0.39 is 12.1 Å². The molecule has 258 valence electrons. The highest BCUT2D eigenvalue weighted by molar-refractivity contribution is 6.02. The zero-order valence-corrected chi connectivity index (χ0v) is 28.5. The number of likely N-dealkylation sites (N-methyl/N-ethyl adjacent to an activating group) is 1. The second kappa shape index (κ2) is 17.5. The Hall–Kier alpha value is -4.61. The van der Waals surface area contributed by atoms with E-state index in [0.717, 1.165) is 19.3 Å². The Kier molecular flexibility index (Phi) is 13.2. The summed E-state index contributed by atoms with van der Waals surface area (Å²) in [7, 11) is 3.32. The summed E-state index contributed by atoms with van der Waals surface area (Å²) >= 11 is 0. The first-order valence-electron chi connectivity index (χ1n) is 16.5. The number of nitrogens with one attached hydrogen (secondary N) is 2. The normalized spacial score (nSPS) is 19.6. The van der Waals surface area contributed by atoms with E-state index in [1.807, 2.05) is 32.0 Å². The van der Waals surface area contributed by atoms with Crippen molar-refractivity contribution in [3.05, 3.63) is 83.9 Å². The Morgan fingerprint density at radius 1 is 1.02 bits per heavy atom. The molecule has 4 rings (SSSR count). The molecule has 3 N–H and O–H groups in total. The van der Waals surface area contributed by atoms with Crippen molar-refractivity contribution in [3.63, 3.8) is 0 Å². The van der Waals surface area contributed by atoms with Gasteiger partial charge in [-0.15, -0.1) is 0 Å². The molecular weight excluding hydrogens is 612 g/mol. The third-order valence-electron chi connectivity index (χ3n) is 8.48. The number of amides is 4. The van der Waals surface area contributed by atoms with Crippen LogP contribution in [0.5, 0.6) is 11.5 Å². The second-order valence-electron chi connectivity index (χ2n) is 12.4. The Morgan fingerprint density at radius 3 is 2.40 bits per heavy atom. The summed E-state index contributed by atoms with van der Waals surface area (Å²) in [4.78, 5) is 43.7. The van der Waals surface area contributed by atoms with E-state index in [0.29, 0.717) is 41.6 Å². The molecule has 3 aromatic rings. The third-order valence-corrected chi connectivity index (χ3v) is 8.48. The summed E-state index contributed by atoms with van der Waals surface area (Å²) in [6.07, 6.45) is 1.84. The van der Waals surface area contributed by atoms with Crippen molar-refractivity contribution < 1.29 is 33.7 Å². The number of aliphatic hydroxyl groups is 1. The fraction of sp³-hybridized carbons (Fsp3) is 0.432. The number of methoxy groups -OCH3 is 1. The maximum atomic E-state index is 14.4. The van der Waals surface area contributed by atoms with E-state index in [2.05, 4.69) is 10.6 Å². The van der Waals surface area contributed by atoms with Gasteiger partial charge in [0.2, 0.25) is 0 Å². The number of benzene rings is 3. The first-order valence-corrected chi connectivity index (χ1v) is 16.5. The van der Waals surface area contributed by atoms with E-state index in [9.17, 15) is 19.5 Å². The molecule has 0 fully saturated rings. The molecule has 1 aliphatic heterocycles. The summed E-state index contributed by atoms with van der Waals surface area (Å²) in [6.45, 7) is 6.55. The third kappa shape index (κ3) is 9.95. The Bertz CT molecular complexity index is 1500. The predicted octanol–water partition coefficient (Wildman–Crippen LogP) is 5.91. The molecule has 0 aliphatic carbocycles. The highest BCUT2D eigenvalue weighted by atomic mass is 16.5. The number of ether oxygens (including phenoxy) is 3. The molecule has 4 atom stereocenters. The standard InChI is InChI=1S/C37H48N4O7/c1-25-22-41(26(2)24-42)36(44)32-21-30(39-37(45)38-29-14-17-31(46-5)18-15-29)16-19-33(32)48-27(3)11-9-10-20-47-34(25)23-40(4)35(43)28-12-7-6-8-13-28/h6-8,12-19,21,25-27,34,42H,9-11,20,22-24H2,1-5H3,(H2,38,39,45)/t25-,26-,27+,34-/m0/s1. The predicted molar refractivity (Wildman–Crippen MR) is 186 cm³/mol. The maximum Gasteiger partial charge on any atom is 0.323 e. The molecule has 4 amide bonds. The van der Waals surface area contributed by atoms with E-state index in [1.54, 1.807) is 85.5 Å². The van der Waals surface area contributed by atoms with Crippen LogP contribution >= 0.6 is 0 Å². The summed E-state index contributed by atoms with van der Waals surface area (Å²) < 4.78 is 17.8. The Balaban J connectivity index is 1.59. The van der Waals surface area contributed by atoms with Gasteiger partial charge in [0.25, 0.3) is 11.8 Å². The van der Waals surface area contributed by atoms with E-state index in [-0.39, 0.29) is 48.7 Å². The van der Waals surface area contributed by atoms with Crippen LogP contribution < -0.4 is 20.1 Å². The first kappa shape index (κ1) is 36.2. The number of urea groups is 1. The number of aliphatic hydroxyl groups excluding tert-OH is 1. The lowest BCUT2D eigenvalue weighted by molar-refractivity contribution is -0.0149. The van der Waals surface area contributed by atoms with Crippen molar-refractivity contribution in [2.75, 3.05) is 51.1 Å². The number of nitrogens with zero attached hydrogens (tertiary/aromatic N) is 2. The van der Waals surface area contributed by atoms with Crippen LogP contribution in [0.1, 0.15) is 60.7 Å². The smallest absolute Gasteiger partial charge is 0.323 e. The zero-order chi connectivity index (χ0) is 34.6. The van der Waals surface area contributed by atoms with Crippen molar-refractivity contribution in [3.8, 4) is 11.5 Å². The van der Waals surface area contributed by atoms with E-state index >= 15 is 0 Å². The summed E-state index contributed by atoms with van der Waals surface area (Å²) in [5, 5.41) is 15.8. The Labute approximate surface area is 283 Å².